The second kappa shape index (κ2) is 14.6. The zero-order valence-electron chi connectivity index (χ0n) is 24.3. The van der Waals surface area contributed by atoms with Crippen LogP contribution in [0, 0.1) is 5.82 Å². The molecule has 0 saturated carbocycles. The molecule has 0 spiro atoms. The van der Waals surface area contributed by atoms with Crippen LogP contribution in [-0.2, 0) is 32.6 Å². The van der Waals surface area contributed by atoms with Crippen molar-refractivity contribution in [2.45, 2.75) is 50.2 Å². The first-order valence-corrected chi connectivity index (χ1v) is 15.6. The number of nitrogens with zero attached hydrogens (tertiary/aromatic N) is 2. The van der Waals surface area contributed by atoms with E-state index < -0.39 is 40.2 Å². The molecular weight excluding hydrogens is 565 g/mol. The number of rotatable bonds is 13. The SMILES string of the molecule is CC[C@@H](C)NC(=O)[C@@H](Cc1ccccc1)N(Cc1ccccc1F)C(=O)CN(c1ccccc1)S(=O)(=O)c1ccccc1. The minimum atomic E-state index is -4.18. The maximum atomic E-state index is 15.0. The highest BCUT2D eigenvalue weighted by atomic mass is 32.2. The number of amides is 2. The summed E-state index contributed by atoms with van der Waals surface area (Å²) in [6.45, 7) is 2.97. The molecule has 9 heteroatoms. The topological polar surface area (TPSA) is 86.8 Å². The molecule has 0 aliphatic carbocycles. The van der Waals surface area contributed by atoms with Crippen LogP contribution in [0.15, 0.2) is 120 Å². The lowest BCUT2D eigenvalue weighted by molar-refractivity contribution is -0.140. The highest BCUT2D eigenvalue weighted by Gasteiger charge is 2.35. The highest BCUT2D eigenvalue weighted by molar-refractivity contribution is 7.92. The monoisotopic (exact) mass is 601 g/mol. The van der Waals surface area contributed by atoms with Crippen LogP contribution in [0.5, 0.6) is 0 Å². The molecule has 0 radical (unpaired) electrons. The number of carbonyl (C=O) groups excluding carboxylic acids is 2. The number of halogens is 1. The Morgan fingerprint density at radius 2 is 1.37 bits per heavy atom. The van der Waals surface area contributed by atoms with E-state index in [9.17, 15) is 22.4 Å². The Morgan fingerprint density at radius 3 is 1.98 bits per heavy atom. The fourth-order valence-electron chi connectivity index (χ4n) is 4.65. The third-order valence-corrected chi connectivity index (χ3v) is 9.01. The van der Waals surface area contributed by atoms with Crippen LogP contribution >= 0.6 is 0 Å². The molecule has 4 aromatic carbocycles. The minimum absolute atomic E-state index is 0.0163. The number of nitrogens with one attached hydrogen (secondary N) is 1. The van der Waals surface area contributed by atoms with E-state index in [0.29, 0.717) is 6.42 Å². The predicted molar refractivity (Wildman–Crippen MR) is 166 cm³/mol. The first-order valence-electron chi connectivity index (χ1n) is 14.2. The zero-order chi connectivity index (χ0) is 30.8. The van der Waals surface area contributed by atoms with Gasteiger partial charge in [-0.1, -0.05) is 91.9 Å². The van der Waals surface area contributed by atoms with Crippen molar-refractivity contribution < 1.29 is 22.4 Å². The molecule has 0 aliphatic rings. The minimum Gasteiger partial charge on any atom is -0.352 e. The molecule has 0 saturated heterocycles. The van der Waals surface area contributed by atoms with Gasteiger partial charge in [0.25, 0.3) is 10.0 Å². The van der Waals surface area contributed by atoms with Gasteiger partial charge in [0.1, 0.15) is 18.4 Å². The van der Waals surface area contributed by atoms with Gasteiger partial charge in [-0.3, -0.25) is 13.9 Å². The fraction of sp³-hybridized carbons (Fsp3) is 0.235. The van der Waals surface area contributed by atoms with Gasteiger partial charge in [0.15, 0.2) is 0 Å². The molecule has 0 unspecified atom stereocenters. The summed E-state index contributed by atoms with van der Waals surface area (Å²) in [6.07, 6.45) is 0.822. The molecule has 224 valence electrons. The van der Waals surface area contributed by atoms with Gasteiger partial charge < -0.3 is 10.2 Å². The van der Waals surface area contributed by atoms with Gasteiger partial charge in [-0.2, -0.15) is 0 Å². The molecule has 2 amide bonds. The molecule has 0 fully saturated rings. The lowest BCUT2D eigenvalue weighted by Gasteiger charge is -2.34. The molecule has 0 aliphatic heterocycles. The molecular formula is C34H36FN3O4S. The summed E-state index contributed by atoms with van der Waals surface area (Å²) < 4.78 is 43.8. The zero-order valence-corrected chi connectivity index (χ0v) is 25.1. The number of benzene rings is 4. The van der Waals surface area contributed by atoms with E-state index in [1.54, 1.807) is 66.7 Å². The van der Waals surface area contributed by atoms with Crippen LogP contribution in [-0.4, -0.2) is 43.8 Å². The van der Waals surface area contributed by atoms with Crippen LogP contribution in [0.3, 0.4) is 0 Å². The van der Waals surface area contributed by atoms with E-state index in [1.807, 2.05) is 44.2 Å². The smallest absolute Gasteiger partial charge is 0.264 e. The van der Waals surface area contributed by atoms with Crippen molar-refractivity contribution in [3.8, 4) is 0 Å². The van der Waals surface area contributed by atoms with Crippen molar-refractivity contribution in [2.24, 2.45) is 0 Å². The predicted octanol–water partition coefficient (Wildman–Crippen LogP) is 5.58. The Bertz CT molecular complexity index is 1600. The Labute approximate surface area is 253 Å². The quantitative estimate of drug-likeness (QED) is 0.217. The Kier molecular flexibility index (Phi) is 10.7. The first-order chi connectivity index (χ1) is 20.7. The van der Waals surface area contributed by atoms with Crippen molar-refractivity contribution >= 4 is 27.5 Å². The van der Waals surface area contributed by atoms with Gasteiger partial charge in [-0.15, -0.1) is 0 Å². The number of para-hydroxylation sites is 1. The first kappa shape index (κ1) is 31.4. The Hall–Kier alpha value is -4.50. The lowest BCUT2D eigenvalue weighted by Crippen LogP contribution is -2.54. The summed E-state index contributed by atoms with van der Waals surface area (Å²) in [5, 5.41) is 2.97. The number of hydrogen-bond donors (Lipinski definition) is 1. The van der Waals surface area contributed by atoms with E-state index in [0.717, 1.165) is 9.87 Å². The maximum Gasteiger partial charge on any atom is 0.264 e. The second-order valence-corrected chi connectivity index (χ2v) is 12.2. The van der Waals surface area contributed by atoms with Crippen LogP contribution in [0.25, 0.3) is 0 Å². The number of sulfonamides is 1. The van der Waals surface area contributed by atoms with Gasteiger partial charge in [0.05, 0.1) is 10.6 Å². The van der Waals surface area contributed by atoms with E-state index in [4.69, 9.17) is 0 Å². The third-order valence-electron chi connectivity index (χ3n) is 7.22. The Morgan fingerprint density at radius 1 is 0.814 bits per heavy atom. The summed E-state index contributed by atoms with van der Waals surface area (Å²) in [5.74, 6) is -1.58. The molecule has 0 bridgehead atoms. The third kappa shape index (κ3) is 8.08. The molecule has 2 atom stereocenters. The summed E-state index contributed by atoms with van der Waals surface area (Å²) in [7, 11) is -4.18. The average molecular weight is 602 g/mol. The van der Waals surface area contributed by atoms with Gasteiger partial charge in [-0.25, -0.2) is 12.8 Å². The maximum absolute atomic E-state index is 15.0. The average Bonchev–Trinajstić information content (AvgIpc) is 3.03. The molecule has 4 aromatic rings. The summed E-state index contributed by atoms with van der Waals surface area (Å²) in [4.78, 5) is 29.4. The highest BCUT2D eigenvalue weighted by Crippen LogP contribution is 2.25. The molecule has 1 N–H and O–H groups in total. The van der Waals surface area contributed by atoms with Gasteiger partial charge in [-0.05, 0) is 49.2 Å². The Balaban J connectivity index is 1.79. The van der Waals surface area contributed by atoms with E-state index >= 15 is 0 Å². The van der Waals surface area contributed by atoms with Crippen molar-refractivity contribution in [1.29, 1.82) is 0 Å². The molecule has 43 heavy (non-hydrogen) atoms. The lowest BCUT2D eigenvalue weighted by atomic mass is 10.0. The van der Waals surface area contributed by atoms with E-state index in [-0.39, 0.29) is 35.2 Å². The fourth-order valence-corrected chi connectivity index (χ4v) is 6.08. The van der Waals surface area contributed by atoms with Crippen molar-refractivity contribution in [2.75, 3.05) is 10.8 Å². The standard InChI is InChI=1S/C34H36FN3O4S/c1-3-26(2)36-34(40)32(23-27-15-7-4-8-16-27)37(24-28-17-13-14-22-31(28)35)33(39)25-38(29-18-9-5-10-19-29)43(41,42)30-20-11-6-12-21-30/h4-22,26,32H,3,23-25H2,1-2H3,(H,36,40)/t26-,32-/m1/s1. The van der Waals surface area contributed by atoms with Crippen molar-refractivity contribution in [3.05, 3.63) is 132 Å². The summed E-state index contributed by atoms with van der Waals surface area (Å²) >= 11 is 0. The van der Waals surface area contributed by atoms with Gasteiger partial charge in [0, 0.05) is 24.6 Å². The van der Waals surface area contributed by atoms with E-state index in [2.05, 4.69) is 5.32 Å². The largest absolute Gasteiger partial charge is 0.352 e. The van der Waals surface area contributed by atoms with Crippen LogP contribution in [0.1, 0.15) is 31.4 Å². The number of hydrogen-bond acceptors (Lipinski definition) is 4. The second-order valence-electron chi connectivity index (χ2n) is 10.3. The number of carbonyl (C=O) groups is 2. The van der Waals surface area contributed by atoms with Crippen molar-refractivity contribution in [3.63, 3.8) is 0 Å². The molecule has 0 aromatic heterocycles. The molecule has 4 rings (SSSR count). The van der Waals surface area contributed by atoms with E-state index in [1.165, 1.54) is 23.1 Å². The van der Waals surface area contributed by atoms with Crippen LogP contribution in [0.2, 0.25) is 0 Å². The van der Waals surface area contributed by atoms with Crippen molar-refractivity contribution in [1.82, 2.24) is 10.2 Å². The van der Waals surface area contributed by atoms with Gasteiger partial charge >= 0.3 is 0 Å². The summed E-state index contributed by atoms with van der Waals surface area (Å²) in [6, 6.07) is 30.2. The van der Waals surface area contributed by atoms with Crippen LogP contribution in [0.4, 0.5) is 10.1 Å². The summed E-state index contributed by atoms with van der Waals surface area (Å²) in [5.41, 5.74) is 1.30. The normalized spacial score (nSPS) is 12.6. The molecule has 7 nitrogen and oxygen atoms in total. The van der Waals surface area contributed by atoms with Gasteiger partial charge in [0.2, 0.25) is 11.8 Å². The number of anilines is 1. The molecule has 0 heterocycles. The van der Waals surface area contributed by atoms with Crippen LogP contribution < -0.4 is 9.62 Å².